The highest BCUT2D eigenvalue weighted by atomic mass is 32.2. The normalized spacial score (nSPS) is 11.9. The number of rotatable bonds is 2. The SMILES string of the molecule is CC[s+]1cncc1-c1ccco1. The Morgan fingerprint density at radius 1 is 1.58 bits per heavy atom. The smallest absolute Gasteiger partial charge is 0.235 e. The molecule has 2 aromatic heterocycles. The van der Waals surface area contributed by atoms with Crippen LogP contribution in [0.1, 0.15) is 6.92 Å². The molecule has 2 aromatic rings. The average molecular weight is 180 g/mol. The lowest BCUT2D eigenvalue weighted by Gasteiger charge is -1.85. The summed E-state index contributed by atoms with van der Waals surface area (Å²) in [5.41, 5.74) is 2.00. The molecule has 0 saturated heterocycles. The lowest BCUT2D eigenvalue weighted by Crippen LogP contribution is -1.67. The van der Waals surface area contributed by atoms with Gasteiger partial charge in [-0.2, -0.15) is 0 Å². The Kier molecular flexibility index (Phi) is 1.96. The molecule has 0 aliphatic carbocycles. The van der Waals surface area contributed by atoms with Crippen LogP contribution >= 0.6 is 10.5 Å². The summed E-state index contributed by atoms with van der Waals surface area (Å²) in [5, 5.41) is 0. The van der Waals surface area contributed by atoms with Crippen molar-refractivity contribution in [1.82, 2.24) is 4.98 Å². The Bertz CT molecular complexity index is 350. The summed E-state index contributed by atoms with van der Waals surface area (Å²) in [4.78, 5) is 5.36. The first-order valence-electron chi connectivity index (χ1n) is 3.89. The van der Waals surface area contributed by atoms with Crippen molar-refractivity contribution in [2.45, 2.75) is 12.7 Å². The van der Waals surface area contributed by atoms with Crippen LogP contribution in [0.5, 0.6) is 0 Å². The highest BCUT2D eigenvalue weighted by Crippen LogP contribution is 2.33. The van der Waals surface area contributed by atoms with Crippen LogP contribution < -0.4 is 0 Å². The van der Waals surface area contributed by atoms with Gasteiger partial charge in [0.2, 0.25) is 10.4 Å². The van der Waals surface area contributed by atoms with Crippen molar-refractivity contribution < 1.29 is 4.42 Å². The molecule has 0 aliphatic rings. The van der Waals surface area contributed by atoms with E-state index in [9.17, 15) is 0 Å². The van der Waals surface area contributed by atoms with Gasteiger partial charge in [0.25, 0.3) is 0 Å². The third-order valence-corrected chi connectivity index (χ3v) is 3.61. The monoisotopic (exact) mass is 180 g/mol. The van der Waals surface area contributed by atoms with Gasteiger partial charge in [-0.1, -0.05) is 0 Å². The lowest BCUT2D eigenvalue weighted by molar-refractivity contribution is 0.583. The summed E-state index contributed by atoms with van der Waals surface area (Å²) in [6.45, 7) is 2.16. The molecular weight excluding hydrogens is 170 g/mol. The molecule has 0 N–H and O–H groups in total. The van der Waals surface area contributed by atoms with Gasteiger partial charge in [0.1, 0.15) is 5.75 Å². The van der Waals surface area contributed by atoms with Crippen molar-refractivity contribution >= 4 is 10.5 Å². The van der Waals surface area contributed by atoms with Crippen molar-refractivity contribution in [2.24, 2.45) is 0 Å². The average Bonchev–Trinajstić information content (AvgIpc) is 2.74. The fourth-order valence-electron chi connectivity index (χ4n) is 1.14. The summed E-state index contributed by atoms with van der Waals surface area (Å²) in [5.74, 6) is 2.06. The molecule has 0 fully saturated rings. The molecule has 2 heterocycles. The van der Waals surface area contributed by atoms with Gasteiger partial charge in [-0.05, 0) is 19.1 Å². The van der Waals surface area contributed by atoms with Crippen LogP contribution in [-0.4, -0.2) is 4.98 Å². The third kappa shape index (κ3) is 1.16. The second-order valence-corrected chi connectivity index (χ2v) is 4.53. The minimum Gasteiger partial charge on any atom is -0.459 e. The van der Waals surface area contributed by atoms with Crippen LogP contribution in [0.3, 0.4) is 0 Å². The van der Waals surface area contributed by atoms with Crippen molar-refractivity contribution in [3.8, 4) is 10.6 Å². The molecule has 2 rings (SSSR count). The molecule has 1 unspecified atom stereocenters. The largest absolute Gasteiger partial charge is 0.459 e. The molecule has 0 saturated carbocycles. The van der Waals surface area contributed by atoms with Gasteiger partial charge >= 0.3 is 0 Å². The zero-order chi connectivity index (χ0) is 8.39. The maximum absolute atomic E-state index is 5.31. The van der Waals surface area contributed by atoms with E-state index >= 15 is 0 Å². The van der Waals surface area contributed by atoms with E-state index in [4.69, 9.17) is 4.42 Å². The summed E-state index contributed by atoms with van der Waals surface area (Å²) in [6, 6.07) is 3.89. The van der Waals surface area contributed by atoms with Gasteiger partial charge in [0.15, 0.2) is 5.76 Å². The van der Waals surface area contributed by atoms with E-state index in [0.29, 0.717) is 0 Å². The maximum Gasteiger partial charge on any atom is 0.235 e. The summed E-state index contributed by atoms with van der Waals surface area (Å²) < 4.78 is 5.31. The van der Waals surface area contributed by atoms with E-state index in [2.05, 4.69) is 11.9 Å². The molecule has 12 heavy (non-hydrogen) atoms. The predicted molar refractivity (Wildman–Crippen MR) is 50.1 cm³/mol. The Morgan fingerprint density at radius 3 is 3.17 bits per heavy atom. The van der Waals surface area contributed by atoms with Gasteiger partial charge in [0, 0.05) is 10.5 Å². The van der Waals surface area contributed by atoms with E-state index in [1.54, 1.807) is 6.26 Å². The molecule has 3 heteroatoms. The quantitative estimate of drug-likeness (QED) is 0.664. The highest BCUT2D eigenvalue weighted by molar-refractivity contribution is 7.31. The fourth-order valence-corrected chi connectivity index (χ4v) is 2.49. The van der Waals surface area contributed by atoms with Crippen LogP contribution in [0.4, 0.5) is 0 Å². The van der Waals surface area contributed by atoms with E-state index in [1.165, 1.54) is 4.88 Å². The third-order valence-electron chi connectivity index (χ3n) is 1.74. The first kappa shape index (κ1) is 7.55. The number of furan rings is 1. The summed E-state index contributed by atoms with van der Waals surface area (Å²) >= 11 is 0. The van der Waals surface area contributed by atoms with Crippen molar-refractivity contribution in [2.75, 3.05) is 0 Å². The number of aromatic nitrogens is 1. The van der Waals surface area contributed by atoms with Crippen LogP contribution in [0.15, 0.2) is 34.5 Å². The van der Waals surface area contributed by atoms with Gasteiger partial charge in [-0.25, -0.2) is 4.98 Å². The first-order chi connectivity index (χ1) is 5.92. The van der Waals surface area contributed by atoms with Gasteiger partial charge in [-0.15, -0.1) is 0 Å². The van der Waals surface area contributed by atoms with Crippen molar-refractivity contribution in [3.05, 3.63) is 30.1 Å². The van der Waals surface area contributed by atoms with Crippen LogP contribution in [0.25, 0.3) is 10.6 Å². The minimum absolute atomic E-state index is 0.174. The van der Waals surface area contributed by atoms with Crippen LogP contribution in [-0.2, 0) is 5.75 Å². The summed E-state index contributed by atoms with van der Waals surface area (Å²) in [6.07, 6.45) is 3.59. The standard InChI is InChI=1S/C9H10NOS/c1-2-12-7-10-6-9(12)8-4-3-5-11-8/h3-7H,2H2,1H3/q+1. The molecule has 0 amide bonds. The Labute approximate surface area is 73.8 Å². The fraction of sp³-hybridized carbons (Fsp3) is 0.222. The Morgan fingerprint density at radius 2 is 2.50 bits per heavy atom. The number of nitrogens with zero attached hydrogens (tertiary/aromatic N) is 1. The number of thiazole rings is 1. The van der Waals surface area contributed by atoms with Gasteiger partial charge in [0.05, 0.1) is 12.5 Å². The number of hydrogen-bond acceptors (Lipinski definition) is 2. The van der Waals surface area contributed by atoms with Crippen LogP contribution in [0.2, 0.25) is 0 Å². The zero-order valence-corrected chi connectivity index (χ0v) is 7.67. The Balaban J connectivity index is 2.46. The molecule has 0 spiro atoms. The second kappa shape index (κ2) is 3.11. The molecule has 0 radical (unpaired) electrons. The molecule has 0 bridgehead atoms. The van der Waals surface area contributed by atoms with Crippen molar-refractivity contribution in [1.29, 1.82) is 0 Å². The van der Waals surface area contributed by atoms with Crippen LogP contribution in [0, 0.1) is 0 Å². The highest BCUT2D eigenvalue weighted by Gasteiger charge is 2.16. The molecule has 0 aliphatic heterocycles. The molecule has 2 nitrogen and oxygen atoms in total. The van der Waals surface area contributed by atoms with E-state index < -0.39 is 0 Å². The first-order valence-corrected chi connectivity index (χ1v) is 5.34. The predicted octanol–water partition coefficient (Wildman–Crippen LogP) is 3.11. The number of hydrogen-bond donors (Lipinski definition) is 0. The second-order valence-electron chi connectivity index (χ2n) is 2.44. The summed E-state index contributed by atoms with van der Waals surface area (Å²) in [7, 11) is 0.174. The van der Waals surface area contributed by atoms with E-state index in [-0.39, 0.29) is 10.5 Å². The molecular formula is C9H10NOS+. The topological polar surface area (TPSA) is 26.0 Å². The Hall–Kier alpha value is -1.09. The molecule has 0 aromatic carbocycles. The van der Waals surface area contributed by atoms with E-state index in [1.807, 2.05) is 23.8 Å². The van der Waals surface area contributed by atoms with E-state index in [0.717, 1.165) is 11.5 Å². The van der Waals surface area contributed by atoms with Gasteiger partial charge < -0.3 is 4.42 Å². The minimum atomic E-state index is 0.174. The zero-order valence-electron chi connectivity index (χ0n) is 6.86. The van der Waals surface area contributed by atoms with Gasteiger partial charge in [-0.3, -0.25) is 0 Å². The lowest BCUT2D eigenvalue weighted by atomic mass is 10.4. The number of aryl methyl sites for hydroxylation is 1. The molecule has 62 valence electrons. The maximum atomic E-state index is 5.31. The van der Waals surface area contributed by atoms with Crippen molar-refractivity contribution in [3.63, 3.8) is 0 Å². The molecule has 1 atom stereocenters.